The largest absolute Gasteiger partial charge is 0.308 e. The molecule has 2 unspecified atom stereocenters. The van der Waals surface area contributed by atoms with Crippen LogP contribution in [0.15, 0.2) is 58.9 Å². The van der Waals surface area contributed by atoms with E-state index in [1.54, 1.807) is 0 Å². The Balaban J connectivity index is 1.91. The molecule has 1 amide bonds. The van der Waals surface area contributed by atoms with Gasteiger partial charge in [-0.3, -0.25) is 9.80 Å². The number of fused-ring (bicyclic) bond motifs is 5. The first kappa shape index (κ1) is 15.8. The number of carbonyl (C=O) groups excluding carboxylic acids is 1. The van der Waals surface area contributed by atoms with Gasteiger partial charge < -0.3 is 4.90 Å². The maximum atomic E-state index is 12.9. The van der Waals surface area contributed by atoms with Gasteiger partial charge in [0, 0.05) is 24.7 Å². The van der Waals surface area contributed by atoms with Gasteiger partial charge in [0.15, 0.2) is 0 Å². The van der Waals surface area contributed by atoms with Crippen LogP contribution >= 0.6 is 0 Å². The summed E-state index contributed by atoms with van der Waals surface area (Å²) in [6, 6.07) is 16.4. The molecule has 4 rings (SSSR count). The molecule has 128 valence electrons. The van der Waals surface area contributed by atoms with Gasteiger partial charge in [-0.05, 0) is 23.6 Å². The fraction of sp³-hybridized carbons (Fsp3) is 0.350. The number of amides is 1. The summed E-state index contributed by atoms with van der Waals surface area (Å²) in [4.78, 5) is 14.8. The van der Waals surface area contributed by atoms with Gasteiger partial charge in [0.1, 0.15) is 12.1 Å². The first-order chi connectivity index (χ1) is 12.2. The fourth-order valence-electron chi connectivity index (χ4n) is 3.84. The first-order valence-corrected chi connectivity index (χ1v) is 8.81. The van der Waals surface area contributed by atoms with Crippen molar-refractivity contribution in [3.8, 4) is 0 Å². The molecule has 0 spiro atoms. The topological polar surface area (TPSA) is 48.3 Å². The van der Waals surface area contributed by atoms with Gasteiger partial charge in [0.2, 0.25) is 5.91 Å². The zero-order chi connectivity index (χ0) is 17.4. The Bertz CT molecular complexity index is 832. The van der Waals surface area contributed by atoms with E-state index >= 15 is 0 Å². The van der Waals surface area contributed by atoms with Crippen molar-refractivity contribution in [1.29, 1.82) is 0 Å². The molecule has 2 aliphatic rings. The summed E-state index contributed by atoms with van der Waals surface area (Å²) in [5.74, 6) is 0.165. The normalized spacial score (nSPS) is 21.2. The molecular formula is C20H22N4O. The summed E-state index contributed by atoms with van der Waals surface area (Å²) in [5, 5.41) is 10.8. The third kappa shape index (κ3) is 2.60. The highest BCUT2D eigenvalue weighted by Gasteiger charge is 2.38. The molecule has 5 heteroatoms. The fourth-order valence-corrected chi connectivity index (χ4v) is 3.84. The summed E-state index contributed by atoms with van der Waals surface area (Å²) in [6.45, 7) is 2.62. The van der Waals surface area contributed by atoms with Crippen molar-refractivity contribution in [2.24, 2.45) is 10.3 Å². The van der Waals surface area contributed by atoms with Gasteiger partial charge in [0.05, 0.1) is 6.54 Å². The van der Waals surface area contributed by atoms with E-state index in [4.69, 9.17) is 0 Å². The Hall–Kier alpha value is -2.69. The number of carbonyl (C=O) groups is 1. The molecule has 0 aliphatic carbocycles. The Labute approximate surface area is 147 Å². The lowest BCUT2D eigenvalue weighted by molar-refractivity contribution is -0.118. The molecule has 5 nitrogen and oxygen atoms in total. The van der Waals surface area contributed by atoms with Crippen LogP contribution in [0.25, 0.3) is 0 Å². The highest BCUT2D eigenvalue weighted by atomic mass is 16.2. The number of benzene rings is 2. The molecule has 2 heterocycles. The van der Waals surface area contributed by atoms with Crippen LogP contribution in [0.1, 0.15) is 48.5 Å². The summed E-state index contributed by atoms with van der Waals surface area (Å²) in [5.41, 5.74) is 4.39. The third-order valence-corrected chi connectivity index (χ3v) is 5.03. The molecule has 2 atom stereocenters. The third-order valence-electron chi connectivity index (χ3n) is 5.03. The van der Waals surface area contributed by atoms with Gasteiger partial charge in [-0.15, -0.1) is 0 Å². The average molecular weight is 334 g/mol. The van der Waals surface area contributed by atoms with E-state index in [0.717, 1.165) is 28.8 Å². The lowest BCUT2D eigenvalue weighted by Crippen LogP contribution is -2.34. The first-order valence-electron chi connectivity index (χ1n) is 8.81. The van der Waals surface area contributed by atoms with Crippen LogP contribution < -0.4 is 4.90 Å². The molecule has 0 bridgehead atoms. The predicted molar refractivity (Wildman–Crippen MR) is 97.1 cm³/mol. The standard InChI is InChI=1S/C20H22N4O/c1-3-8-18(25)24-13-14-9-4-5-10-15(14)19-20(23(2)22-21-19)16-11-6-7-12-17(16)24/h4-7,9-12,19-20H,3,8,13H2,1-2H3. The number of likely N-dealkylation sites (N-methyl/N-ethyl adjacent to an activating group) is 1. The Morgan fingerprint density at radius 2 is 1.84 bits per heavy atom. The van der Waals surface area contributed by atoms with E-state index in [0.29, 0.717) is 13.0 Å². The number of rotatable bonds is 2. The molecule has 0 radical (unpaired) electrons. The number of para-hydroxylation sites is 1. The van der Waals surface area contributed by atoms with Crippen molar-refractivity contribution in [3.05, 3.63) is 65.2 Å². The van der Waals surface area contributed by atoms with E-state index in [1.165, 1.54) is 0 Å². The number of nitrogens with zero attached hydrogens (tertiary/aromatic N) is 4. The molecule has 2 aromatic carbocycles. The molecule has 0 saturated heterocycles. The maximum Gasteiger partial charge on any atom is 0.227 e. The van der Waals surface area contributed by atoms with Crippen LogP contribution in [0, 0.1) is 0 Å². The highest BCUT2D eigenvalue weighted by molar-refractivity contribution is 5.94. The molecule has 0 saturated carbocycles. The van der Waals surface area contributed by atoms with Crippen LogP contribution in [0.4, 0.5) is 5.69 Å². The van der Waals surface area contributed by atoms with E-state index in [9.17, 15) is 4.79 Å². The summed E-state index contributed by atoms with van der Waals surface area (Å²) < 4.78 is 0. The second-order valence-corrected chi connectivity index (χ2v) is 6.66. The van der Waals surface area contributed by atoms with Crippen molar-refractivity contribution in [1.82, 2.24) is 5.01 Å². The molecule has 0 fully saturated rings. The number of hydrogen-bond acceptors (Lipinski definition) is 4. The second kappa shape index (κ2) is 6.31. The number of anilines is 1. The van der Waals surface area contributed by atoms with Gasteiger partial charge in [0.25, 0.3) is 0 Å². The van der Waals surface area contributed by atoms with E-state index in [2.05, 4.69) is 28.5 Å². The van der Waals surface area contributed by atoms with Gasteiger partial charge in [-0.2, -0.15) is 5.11 Å². The summed E-state index contributed by atoms with van der Waals surface area (Å²) >= 11 is 0. The van der Waals surface area contributed by atoms with Crippen molar-refractivity contribution < 1.29 is 4.79 Å². The lowest BCUT2D eigenvalue weighted by atomic mass is 9.87. The second-order valence-electron chi connectivity index (χ2n) is 6.66. The van der Waals surface area contributed by atoms with Crippen molar-refractivity contribution in [2.75, 3.05) is 11.9 Å². The van der Waals surface area contributed by atoms with Gasteiger partial charge >= 0.3 is 0 Å². The zero-order valence-electron chi connectivity index (χ0n) is 14.6. The minimum Gasteiger partial charge on any atom is -0.308 e. The maximum absolute atomic E-state index is 12.9. The Kier molecular flexibility index (Phi) is 3.99. The molecule has 2 aliphatic heterocycles. The van der Waals surface area contributed by atoms with Crippen molar-refractivity contribution >= 4 is 11.6 Å². The average Bonchev–Trinajstić information content (AvgIpc) is 2.99. The van der Waals surface area contributed by atoms with E-state index < -0.39 is 0 Å². The summed E-state index contributed by atoms with van der Waals surface area (Å²) in [7, 11) is 1.95. The van der Waals surface area contributed by atoms with E-state index in [-0.39, 0.29) is 18.0 Å². The minimum absolute atomic E-state index is 0.00887. The predicted octanol–water partition coefficient (Wildman–Crippen LogP) is 4.43. The van der Waals surface area contributed by atoms with Crippen molar-refractivity contribution in [3.63, 3.8) is 0 Å². The summed E-state index contributed by atoms with van der Waals surface area (Å²) in [6.07, 6.45) is 1.39. The van der Waals surface area contributed by atoms with Gasteiger partial charge in [-0.1, -0.05) is 54.6 Å². The minimum atomic E-state index is -0.0363. The van der Waals surface area contributed by atoms with Crippen LogP contribution in [0.5, 0.6) is 0 Å². The Morgan fingerprint density at radius 1 is 1.12 bits per heavy atom. The van der Waals surface area contributed by atoms with E-state index in [1.807, 2.05) is 54.2 Å². The monoisotopic (exact) mass is 334 g/mol. The molecule has 0 aromatic heterocycles. The molecular weight excluding hydrogens is 312 g/mol. The van der Waals surface area contributed by atoms with Crippen LogP contribution in [-0.4, -0.2) is 18.0 Å². The number of hydrogen-bond donors (Lipinski definition) is 0. The smallest absolute Gasteiger partial charge is 0.227 e. The van der Waals surface area contributed by atoms with Crippen LogP contribution in [0.3, 0.4) is 0 Å². The molecule has 2 aromatic rings. The molecule has 25 heavy (non-hydrogen) atoms. The lowest BCUT2D eigenvalue weighted by Gasteiger charge is -2.34. The molecule has 0 N–H and O–H groups in total. The van der Waals surface area contributed by atoms with Crippen LogP contribution in [-0.2, 0) is 11.3 Å². The van der Waals surface area contributed by atoms with Gasteiger partial charge in [-0.25, -0.2) is 0 Å². The Morgan fingerprint density at radius 3 is 2.64 bits per heavy atom. The van der Waals surface area contributed by atoms with Crippen LogP contribution in [0.2, 0.25) is 0 Å². The zero-order valence-corrected chi connectivity index (χ0v) is 14.6. The quantitative estimate of drug-likeness (QED) is 0.816. The highest BCUT2D eigenvalue weighted by Crippen LogP contribution is 2.47. The van der Waals surface area contributed by atoms with Crippen molar-refractivity contribution in [2.45, 2.75) is 38.4 Å². The SMILES string of the molecule is CCCC(=O)N1Cc2ccccc2C2N=NN(C)C2c2ccccc21.